The SMILES string of the molecule is CCN(CC)C(CC(=O)O)(CC(C)C)c1ccccc1. The van der Waals surface area contributed by atoms with E-state index in [4.69, 9.17) is 0 Å². The molecule has 3 nitrogen and oxygen atoms in total. The third-order valence-corrected chi connectivity index (χ3v) is 3.87. The third-order valence-electron chi connectivity index (χ3n) is 3.87. The molecule has 0 aliphatic heterocycles. The molecule has 0 bridgehead atoms. The Kier molecular flexibility index (Phi) is 6.21. The summed E-state index contributed by atoms with van der Waals surface area (Å²) >= 11 is 0. The van der Waals surface area contributed by atoms with Gasteiger partial charge in [0.05, 0.1) is 12.0 Å². The number of carboxylic acids is 1. The van der Waals surface area contributed by atoms with Gasteiger partial charge in [0.1, 0.15) is 0 Å². The molecule has 0 amide bonds. The van der Waals surface area contributed by atoms with Crippen molar-refractivity contribution in [3.63, 3.8) is 0 Å². The number of carboxylic acid groups (broad SMARTS) is 1. The summed E-state index contributed by atoms with van der Waals surface area (Å²) in [4.78, 5) is 13.8. The van der Waals surface area contributed by atoms with Crippen LogP contribution in [0.2, 0.25) is 0 Å². The van der Waals surface area contributed by atoms with Crippen molar-refractivity contribution in [2.24, 2.45) is 5.92 Å². The summed E-state index contributed by atoms with van der Waals surface area (Å²) in [6.45, 7) is 10.2. The van der Waals surface area contributed by atoms with Gasteiger partial charge in [0.2, 0.25) is 0 Å². The van der Waals surface area contributed by atoms with Crippen LogP contribution in [0, 0.1) is 5.92 Å². The van der Waals surface area contributed by atoms with E-state index in [0.717, 1.165) is 25.1 Å². The molecular weight excluding hydrogens is 250 g/mol. The van der Waals surface area contributed by atoms with Gasteiger partial charge in [-0.3, -0.25) is 9.69 Å². The summed E-state index contributed by atoms with van der Waals surface area (Å²) in [7, 11) is 0. The smallest absolute Gasteiger partial charge is 0.305 e. The number of carbonyl (C=O) groups is 1. The Hall–Kier alpha value is -1.35. The Morgan fingerprint density at radius 2 is 1.75 bits per heavy atom. The molecule has 0 aliphatic rings. The minimum Gasteiger partial charge on any atom is -0.481 e. The lowest BCUT2D eigenvalue weighted by atomic mass is 9.78. The Morgan fingerprint density at radius 1 is 1.20 bits per heavy atom. The number of rotatable bonds is 8. The van der Waals surface area contributed by atoms with E-state index >= 15 is 0 Å². The van der Waals surface area contributed by atoms with Crippen LogP contribution in [-0.2, 0) is 10.3 Å². The highest BCUT2D eigenvalue weighted by Crippen LogP contribution is 2.38. The summed E-state index contributed by atoms with van der Waals surface area (Å²) in [6, 6.07) is 10.1. The van der Waals surface area contributed by atoms with Crippen molar-refractivity contribution in [3.05, 3.63) is 35.9 Å². The van der Waals surface area contributed by atoms with Crippen LogP contribution in [-0.4, -0.2) is 29.1 Å². The van der Waals surface area contributed by atoms with Crippen LogP contribution in [0.5, 0.6) is 0 Å². The van der Waals surface area contributed by atoms with Crippen LogP contribution in [0.25, 0.3) is 0 Å². The quantitative estimate of drug-likeness (QED) is 0.787. The molecule has 3 heteroatoms. The molecule has 0 fully saturated rings. The molecular formula is C17H27NO2. The zero-order valence-corrected chi connectivity index (χ0v) is 13.1. The minimum absolute atomic E-state index is 0.150. The first-order valence-corrected chi connectivity index (χ1v) is 7.48. The van der Waals surface area contributed by atoms with Gasteiger partial charge in [-0.05, 0) is 31.0 Å². The van der Waals surface area contributed by atoms with Crippen LogP contribution in [0.4, 0.5) is 0 Å². The first kappa shape index (κ1) is 16.7. The van der Waals surface area contributed by atoms with Crippen LogP contribution < -0.4 is 0 Å². The van der Waals surface area contributed by atoms with E-state index in [0.29, 0.717) is 5.92 Å². The average Bonchev–Trinajstić information content (AvgIpc) is 2.39. The largest absolute Gasteiger partial charge is 0.481 e. The predicted octanol–water partition coefficient (Wildman–Crippen LogP) is 3.74. The Labute approximate surface area is 122 Å². The van der Waals surface area contributed by atoms with Gasteiger partial charge in [0, 0.05) is 0 Å². The van der Waals surface area contributed by atoms with Crippen LogP contribution in [0.1, 0.15) is 46.1 Å². The molecule has 20 heavy (non-hydrogen) atoms. The number of hydrogen-bond donors (Lipinski definition) is 1. The first-order valence-electron chi connectivity index (χ1n) is 7.48. The highest BCUT2D eigenvalue weighted by molar-refractivity contribution is 5.69. The molecule has 0 aliphatic carbocycles. The molecule has 1 unspecified atom stereocenters. The maximum Gasteiger partial charge on any atom is 0.305 e. The molecule has 1 N–H and O–H groups in total. The van der Waals surface area contributed by atoms with Crippen molar-refractivity contribution in [1.82, 2.24) is 4.90 Å². The van der Waals surface area contributed by atoms with E-state index in [2.05, 4.69) is 44.7 Å². The summed E-state index contributed by atoms with van der Waals surface area (Å²) in [5, 5.41) is 9.44. The second kappa shape index (κ2) is 7.44. The van der Waals surface area contributed by atoms with Gasteiger partial charge < -0.3 is 5.11 Å². The summed E-state index contributed by atoms with van der Waals surface area (Å²) < 4.78 is 0. The van der Waals surface area contributed by atoms with Gasteiger partial charge in [0.15, 0.2) is 0 Å². The van der Waals surface area contributed by atoms with Crippen LogP contribution >= 0.6 is 0 Å². The van der Waals surface area contributed by atoms with E-state index < -0.39 is 11.5 Å². The molecule has 1 aromatic rings. The zero-order valence-electron chi connectivity index (χ0n) is 13.1. The van der Waals surface area contributed by atoms with Crippen molar-refractivity contribution in [3.8, 4) is 0 Å². The lowest BCUT2D eigenvalue weighted by Gasteiger charge is -2.44. The van der Waals surface area contributed by atoms with Crippen molar-refractivity contribution < 1.29 is 9.90 Å². The third kappa shape index (κ3) is 3.83. The van der Waals surface area contributed by atoms with Gasteiger partial charge in [-0.15, -0.1) is 0 Å². The Balaban J connectivity index is 3.35. The van der Waals surface area contributed by atoms with E-state index in [1.54, 1.807) is 0 Å². The van der Waals surface area contributed by atoms with Crippen molar-refractivity contribution >= 4 is 5.97 Å². The molecule has 1 atom stereocenters. The fourth-order valence-corrected chi connectivity index (χ4v) is 3.22. The van der Waals surface area contributed by atoms with E-state index in [-0.39, 0.29) is 6.42 Å². The van der Waals surface area contributed by atoms with E-state index in [9.17, 15) is 9.90 Å². The molecule has 0 saturated carbocycles. The molecule has 112 valence electrons. The van der Waals surface area contributed by atoms with E-state index in [1.807, 2.05) is 18.2 Å². The van der Waals surface area contributed by atoms with Gasteiger partial charge in [0.25, 0.3) is 0 Å². The normalized spacial score (nSPS) is 14.5. The highest BCUT2D eigenvalue weighted by Gasteiger charge is 2.39. The number of aliphatic carboxylic acids is 1. The van der Waals surface area contributed by atoms with Crippen molar-refractivity contribution in [2.75, 3.05) is 13.1 Å². The Morgan fingerprint density at radius 3 is 2.15 bits per heavy atom. The maximum absolute atomic E-state index is 11.5. The molecule has 0 radical (unpaired) electrons. The standard InChI is InChI=1S/C17H27NO2/c1-5-18(6-2)17(12-14(3)4,13-16(19)20)15-10-8-7-9-11-15/h7-11,14H,5-6,12-13H2,1-4H3,(H,19,20). The summed E-state index contributed by atoms with van der Waals surface area (Å²) in [6.07, 6.45) is 1.00. The second-order valence-corrected chi connectivity index (χ2v) is 5.74. The molecule has 1 rings (SSSR count). The van der Waals surface area contributed by atoms with Gasteiger partial charge >= 0.3 is 5.97 Å². The molecule has 0 aromatic heterocycles. The number of benzene rings is 1. The first-order chi connectivity index (χ1) is 9.46. The fraction of sp³-hybridized carbons (Fsp3) is 0.588. The zero-order chi connectivity index (χ0) is 15.2. The molecule has 0 heterocycles. The average molecular weight is 277 g/mol. The van der Waals surface area contributed by atoms with E-state index in [1.165, 1.54) is 0 Å². The van der Waals surface area contributed by atoms with Crippen LogP contribution in [0.3, 0.4) is 0 Å². The maximum atomic E-state index is 11.5. The van der Waals surface area contributed by atoms with Gasteiger partial charge in [-0.2, -0.15) is 0 Å². The number of hydrogen-bond acceptors (Lipinski definition) is 2. The van der Waals surface area contributed by atoms with Crippen molar-refractivity contribution in [1.29, 1.82) is 0 Å². The predicted molar refractivity (Wildman–Crippen MR) is 82.7 cm³/mol. The molecule has 0 saturated heterocycles. The highest BCUT2D eigenvalue weighted by atomic mass is 16.4. The van der Waals surface area contributed by atoms with Crippen molar-refractivity contribution in [2.45, 2.75) is 46.1 Å². The lowest BCUT2D eigenvalue weighted by molar-refractivity contribution is -0.141. The second-order valence-electron chi connectivity index (χ2n) is 5.74. The molecule has 1 aromatic carbocycles. The van der Waals surface area contributed by atoms with Crippen LogP contribution in [0.15, 0.2) is 30.3 Å². The van der Waals surface area contributed by atoms with Gasteiger partial charge in [-0.1, -0.05) is 58.0 Å². The minimum atomic E-state index is -0.735. The van der Waals surface area contributed by atoms with Gasteiger partial charge in [-0.25, -0.2) is 0 Å². The summed E-state index contributed by atoms with van der Waals surface area (Å²) in [5.41, 5.74) is 0.699. The molecule has 0 spiro atoms. The Bertz CT molecular complexity index is 412. The monoisotopic (exact) mass is 277 g/mol. The summed E-state index contributed by atoms with van der Waals surface area (Å²) in [5.74, 6) is -0.295. The topological polar surface area (TPSA) is 40.5 Å². The fourth-order valence-electron chi connectivity index (χ4n) is 3.22. The lowest BCUT2D eigenvalue weighted by Crippen LogP contribution is -2.48. The number of nitrogens with zero attached hydrogens (tertiary/aromatic N) is 1.